The second-order valence-electron chi connectivity index (χ2n) is 7.34. The van der Waals surface area contributed by atoms with Gasteiger partial charge in [-0.15, -0.1) is 16.0 Å². The molecule has 1 fully saturated rings. The van der Waals surface area contributed by atoms with Crippen LogP contribution in [-0.2, 0) is 20.0 Å². The number of rotatable bonds is 5. The summed E-state index contributed by atoms with van der Waals surface area (Å²) in [6.45, 7) is 5.74. The molecule has 1 saturated heterocycles. The standard InChI is InChI=1S/C20H24ClN3O4S2/c1-15-4-8-18(9-5-15)29(25,26)22-20(12-21)24-14-23(13-17(24)3)30(27,28)19-10-6-16(2)7-11-19/h4-11,17H,12-14H2,1-3H3/b22-20-. The molecule has 1 aliphatic rings. The molecule has 1 atom stereocenters. The molecule has 30 heavy (non-hydrogen) atoms. The van der Waals surface area contributed by atoms with Crippen molar-refractivity contribution in [3.05, 3.63) is 59.7 Å². The number of hydrogen-bond donors (Lipinski definition) is 0. The van der Waals surface area contributed by atoms with E-state index in [9.17, 15) is 16.8 Å². The lowest BCUT2D eigenvalue weighted by molar-refractivity contribution is 0.390. The molecule has 7 nitrogen and oxygen atoms in total. The number of sulfonamides is 2. The molecular weight excluding hydrogens is 446 g/mol. The first-order valence-corrected chi connectivity index (χ1v) is 12.8. The Balaban J connectivity index is 1.88. The number of amidine groups is 1. The molecule has 10 heteroatoms. The lowest BCUT2D eigenvalue weighted by atomic mass is 10.2. The maximum atomic E-state index is 13.0. The van der Waals surface area contributed by atoms with Crippen LogP contribution in [0, 0.1) is 13.8 Å². The highest BCUT2D eigenvalue weighted by Gasteiger charge is 2.37. The second-order valence-corrected chi connectivity index (χ2v) is 11.2. The molecule has 0 radical (unpaired) electrons. The van der Waals surface area contributed by atoms with Gasteiger partial charge in [-0.05, 0) is 45.0 Å². The van der Waals surface area contributed by atoms with Crippen LogP contribution in [0.5, 0.6) is 0 Å². The Morgan fingerprint density at radius 2 is 1.47 bits per heavy atom. The van der Waals surface area contributed by atoms with Crippen molar-refractivity contribution < 1.29 is 16.8 Å². The molecule has 0 spiro atoms. The van der Waals surface area contributed by atoms with Crippen LogP contribution in [0.3, 0.4) is 0 Å². The van der Waals surface area contributed by atoms with Crippen molar-refractivity contribution in [1.29, 1.82) is 0 Å². The molecule has 0 bridgehead atoms. The van der Waals surface area contributed by atoms with Gasteiger partial charge in [0.05, 0.1) is 22.3 Å². The molecule has 1 heterocycles. The summed E-state index contributed by atoms with van der Waals surface area (Å²) >= 11 is 6.02. The zero-order valence-electron chi connectivity index (χ0n) is 17.0. The Bertz CT molecular complexity index is 1150. The first-order chi connectivity index (χ1) is 14.0. The molecular formula is C20H24ClN3O4S2. The molecule has 162 valence electrons. The van der Waals surface area contributed by atoms with Gasteiger partial charge in [-0.3, -0.25) is 0 Å². The van der Waals surface area contributed by atoms with Gasteiger partial charge in [0, 0.05) is 12.6 Å². The van der Waals surface area contributed by atoms with E-state index in [0.717, 1.165) is 11.1 Å². The Morgan fingerprint density at radius 3 is 1.97 bits per heavy atom. The van der Waals surface area contributed by atoms with Crippen LogP contribution in [0.1, 0.15) is 18.1 Å². The monoisotopic (exact) mass is 469 g/mol. The lowest BCUT2D eigenvalue weighted by Crippen LogP contribution is -2.37. The SMILES string of the molecule is Cc1ccc(S(=O)(=O)/N=C(/CCl)N2CN(S(=O)(=O)c3ccc(C)cc3)CC2C)cc1. The van der Waals surface area contributed by atoms with E-state index in [2.05, 4.69) is 4.40 Å². The van der Waals surface area contributed by atoms with Crippen molar-refractivity contribution >= 4 is 37.5 Å². The molecule has 0 aliphatic carbocycles. The molecule has 2 aromatic carbocycles. The fourth-order valence-corrected chi connectivity index (χ4v) is 5.97. The van der Waals surface area contributed by atoms with Crippen molar-refractivity contribution in [2.75, 3.05) is 19.1 Å². The van der Waals surface area contributed by atoms with Gasteiger partial charge in [-0.1, -0.05) is 35.4 Å². The van der Waals surface area contributed by atoms with E-state index in [0.29, 0.717) is 0 Å². The third-order valence-corrected chi connectivity index (χ3v) is 8.33. The van der Waals surface area contributed by atoms with E-state index in [4.69, 9.17) is 11.6 Å². The van der Waals surface area contributed by atoms with Gasteiger partial charge < -0.3 is 4.90 Å². The molecule has 1 unspecified atom stereocenters. The summed E-state index contributed by atoms with van der Waals surface area (Å²) in [6, 6.07) is 12.7. The Morgan fingerprint density at radius 1 is 0.967 bits per heavy atom. The number of hydrogen-bond acceptors (Lipinski definition) is 4. The van der Waals surface area contributed by atoms with Crippen LogP contribution >= 0.6 is 11.6 Å². The summed E-state index contributed by atoms with van der Waals surface area (Å²) in [6.07, 6.45) is 0. The number of alkyl halides is 1. The van der Waals surface area contributed by atoms with E-state index in [1.54, 1.807) is 41.3 Å². The number of nitrogens with zero attached hydrogens (tertiary/aromatic N) is 3. The zero-order chi connectivity index (χ0) is 22.1. The van der Waals surface area contributed by atoms with Gasteiger partial charge in [0.1, 0.15) is 5.84 Å². The molecule has 3 rings (SSSR count). The van der Waals surface area contributed by atoms with Gasteiger partial charge in [0.25, 0.3) is 10.0 Å². The lowest BCUT2D eigenvalue weighted by Gasteiger charge is -2.23. The minimum Gasteiger partial charge on any atom is -0.340 e. The van der Waals surface area contributed by atoms with Gasteiger partial charge in [0.15, 0.2) is 0 Å². The van der Waals surface area contributed by atoms with Gasteiger partial charge in [-0.25, -0.2) is 8.42 Å². The van der Waals surface area contributed by atoms with Crippen LogP contribution in [0.25, 0.3) is 0 Å². The van der Waals surface area contributed by atoms with Crippen molar-refractivity contribution in [1.82, 2.24) is 9.21 Å². The van der Waals surface area contributed by atoms with Crippen LogP contribution in [-0.4, -0.2) is 57.0 Å². The molecule has 0 N–H and O–H groups in total. The van der Waals surface area contributed by atoms with E-state index in [-0.39, 0.29) is 40.8 Å². The van der Waals surface area contributed by atoms with Crippen LogP contribution in [0.15, 0.2) is 62.7 Å². The largest absolute Gasteiger partial charge is 0.340 e. The van der Waals surface area contributed by atoms with Gasteiger partial charge in [0.2, 0.25) is 10.0 Å². The van der Waals surface area contributed by atoms with E-state index >= 15 is 0 Å². The summed E-state index contributed by atoms with van der Waals surface area (Å²) in [5.74, 6) is -0.0419. The van der Waals surface area contributed by atoms with Crippen molar-refractivity contribution in [3.63, 3.8) is 0 Å². The summed E-state index contributed by atoms with van der Waals surface area (Å²) < 4.78 is 56.6. The topological polar surface area (TPSA) is 87.1 Å². The Labute approximate surface area is 183 Å². The summed E-state index contributed by atoms with van der Waals surface area (Å²) in [5.41, 5.74) is 1.89. The van der Waals surface area contributed by atoms with E-state index in [1.807, 2.05) is 20.8 Å². The summed E-state index contributed by atoms with van der Waals surface area (Å²) in [4.78, 5) is 1.87. The predicted molar refractivity (Wildman–Crippen MR) is 118 cm³/mol. The quantitative estimate of drug-likeness (QED) is 0.381. The minimum atomic E-state index is -3.97. The van der Waals surface area contributed by atoms with Crippen molar-refractivity contribution in [2.24, 2.45) is 4.40 Å². The van der Waals surface area contributed by atoms with Gasteiger partial charge in [-0.2, -0.15) is 12.7 Å². The van der Waals surface area contributed by atoms with E-state index < -0.39 is 20.0 Å². The predicted octanol–water partition coefficient (Wildman–Crippen LogP) is 2.98. The number of halogens is 1. The van der Waals surface area contributed by atoms with E-state index in [1.165, 1.54) is 16.4 Å². The zero-order valence-corrected chi connectivity index (χ0v) is 19.4. The summed E-state index contributed by atoms with van der Waals surface area (Å²) in [5, 5.41) is 0. The molecule has 0 amide bonds. The third kappa shape index (κ3) is 4.69. The van der Waals surface area contributed by atoms with Crippen molar-refractivity contribution in [3.8, 4) is 0 Å². The third-order valence-electron chi connectivity index (χ3n) is 4.96. The first kappa shape index (κ1) is 22.7. The number of aryl methyl sites for hydroxylation is 2. The highest BCUT2D eigenvalue weighted by atomic mass is 35.5. The first-order valence-electron chi connectivity index (χ1n) is 9.34. The molecule has 1 aliphatic heterocycles. The number of benzene rings is 2. The molecule has 2 aromatic rings. The fraction of sp³-hybridized carbons (Fsp3) is 0.350. The summed E-state index contributed by atoms with van der Waals surface area (Å²) in [7, 11) is -7.68. The highest BCUT2D eigenvalue weighted by Crippen LogP contribution is 2.24. The van der Waals surface area contributed by atoms with Crippen LogP contribution in [0.2, 0.25) is 0 Å². The van der Waals surface area contributed by atoms with Crippen LogP contribution < -0.4 is 0 Å². The van der Waals surface area contributed by atoms with Crippen molar-refractivity contribution in [2.45, 2.75) is 36.6 Å². The smallest absolute Gasteiger partial charge is 0.283 e. The average molecular weight is 470 g/mol. The fourth-order valence-electron chi connectivity index (χ4n) is 3.19. The van der Waals surface area contributed by atoms with Crippen LogP contribution in [0.4, 0.5) is 0 Å². The maximum Gasteiger partial charge on any atom is 0.283 e. The highest BCUT2D eigenvalue weighted by molar-refractivity contribution is 7.90. The molecule has 0 saturated carbocycles. The van der Waals surface area contributed by atoms with Gasteiger partial charge >= 0.3 is 0 Å². The second kappa shape index (κ2) is 8.66. The Kier molecular flexibility index (Phi) is 6.57. The minimum absolute atomic E-state index is 0.0215. The Hall–Kier alpha value is -1.94. The maximum absolute atomic E-state index is 13.0. The normalized spacial score (nSPS) is 18.7. The average Bonchev–Trinajstić information content (AvgIpc) is 3.09. The molecule has 0 aromatic heterocycles.